The smallest absolute Gasteiger partial charge is 0.00157 e. The SMILES string of the molecule is CC(CN)CCN1CCCC1. The van der Waals surface area contributed by atoms with E-state index in [1.165, 1.54) is 38.9 Å². The molecule has 0 aromatic rings. The quantitative estimate of drug-likeness (QED) is 0.659. The highest BCUT2D eigenvalue weighted by Gasteiger charge is 2.11. The van der Waals surface area contributed by atoms with Crippen LogP contribution in [0.5, 0.6) is 0 Å². The van der Waals surface area contributed by atoms with Gasteiger partial charge in [0.05, 0.1) is 0 Å². The number of hydrogen-bond donors (Lipinski definition) is 1. The van der Waals surface area contributed by atoms with Gasteiger partial charge >= 0.3 is 0 Å². The number of hydrogen-bond acceptors (Lipinski definition) is 2. The van der Waals surface area contributed by atoms with Crippen molar-refractivity contribution >= 4 is 0 Å². The standard InChI is InChI=1S/C9H20N2/c1-9(8-10)4-7-11-5-2-3-6-11/h9H,2-8,10H2,1H3. The Hall–Kier alpha value is -0.0800. The van der Waals surface area contributed by atoms with Crippen molar-refractivity contribution < 1.29 is 0 Å². The second-order valence-corrected chi connectivity index (χ2v) is 3.68. The molecule has 0 radical (unpaired) electrons. The first-order valence-electron chi connectivity index (χ1n) is 4.75. The first-order valence-corrected chi connectivity index (χ1v) is 4.75. The molecule has 2 N–H and O–H groups in total. The first kappa shape index (κ1) is 9.01. The molecule has 2 heteroatoms. The van der Waals surface area contributed by atoms with Crippen molar-refractivity contribution in [2.45, 2.75) is 26.2 Å². The molecule has 0 saturated carbocycles. The third-order valence-corrected chi connectivity index (χ3v) is 2.54. The monoisotopic (exact) mass is 156 g/mol. The Morgan fingerprint density at radius 2 is 2.00 bits per heavy atom. The van der Waals surface area contributed by atoms with Crippen molar-refractivity contribution in [3.05, 3.63) is 0 Å². The Labute approximate surface area is 69.8 Å². The van der Waals surface area contributed by atoms with Gasteiger partial charge in [-0.2, -0.15) is 0 Å². The number of nitrogens with zero attached hydrogens (tertiary/aromatic N) is 1. The molecule has 1 unspecified atom stereocenters. The van der Waals surface area contributed by atoms with E-state index in [2.05, 4.69) is 11.8 Å². The zero-order chi connectivity index (χ0) is 8.10. The first-order chi connectivity index (χ1) is 5.33. The maximum absolute atomic E-state index is 5.54. The summed E-state index contributed by atoms with van der Waals surface area (Å²) in [5.41, 5.74) is 5.54. The highest BCUT2D eigenvalue weighted by atomic mass is 15.1. The second-order valence-electron chi connectivity index (χ2n) is 3.68. The fourth-order valence-corrected chi connectivity index (χ4v) is 1.53. The van der Waals surface area contributed by atoms with Crippen LogP contribution >= 0.6 is 0 Å². The molecule has 66 valence electrons. The molecule has 0 aromatic heterocycles. The molecule has 1 aliphatic heterocycles. The average Bonchev–Trinajstić information content (AvgIpc) is 2.52. The highest BCUT2D eigenvalue weighted by Crippen LogP contribution is 2.09. The van der Waals surface area contributed by atoms with Crippen LogP contribution in [0.2, 0.25) is 0 Å². The van der Waals surface area contributed by atoms with Crippen LogP contribution in [0.1, 0.15) is 26.2 Å². The van der Waals surface area contributed by atoms with Crippen molar-refractivity contribution in [1.29, 1.82) is 0 Å². The number of likely N-dealkylation sites (tertiary alicyclic amines) is 1. The van der Waals surface area contributed by atoms with Gasteiger partial charge in [-0.3, -0.25) is 0 Å². The minimum Gasteiger partial charge on any atom is -0.330 e. The van der Waals surface area contributed by atoms with Crippen molar-refractivity contribution in [3.8, 4) is 0 Å². The molecule has 1 saturated heterocycles. The van der Waals surface area contributed by atoms with Gasteiger partial charge in [0.2, 0.25) is 0 Å². The van der Waals surface area contributed by atoms with E-state index in [0.29, 0.717) is 5.92 Å². The van der Waals surface area contributed by atoms with Crippen LogP contribution < -0.4 is 5.73 Å². The third kappa shape index (κ3) is 3.21. The van der Waals surface area contributed by atoms with Crippen LogP contribution in [0.4, 0.5) is 0 Å². The van der Waals surface area contributed by atoms with Crippen LogP contribution in [0.15, 0.2) is 0 Å². The van der Waals surface area contributed by atoms with Gasteiger partial charge in [-0.15, -0.1) is 0 Å². The van der Waals surface area contributed by atoms with Crippen molar-refractivity contribution in [2.24, 2.45) is 11.7 Å². The van der Waals surface area contributed by atoms with Crippen LogP contribution in [0, 0.1) is 5.92 Å². The molecule has 1 aliphatic rings. The lowest BCUT2D eigenvalue weighted by Gasteiger charge is -2.16. The molecule has 2 nitrogen and oxygen atoms in total. The molecule has 0 amide bonds. The lowest BCUT2D eigenvalue weighted by molar-refractivity contribution is 0.310. The van der Waals surface area contributed by atoms with E-state index in [1.54, 1.807) is 0 Å². The predicted octanol–water partition coefficient (Wildman–Crippen LogP) is 1.07. The molecular formula is C9H20N2. The summed E-state index contributed by atoms with van der Waals surface area (Å²) in [6, 6.07) is 0. The fraction of sp³-hybridized carbons (Fsp3) is 1.00. The van der Waals surface area contributed by atoms with Gasteiger partial charge in [-0.05, 0) is 51.4 Å². The van der Waals surface area contributed by atoms with Crippen LogP contribution in [-0.4, -0.2) is 31.1 Å². The zero-order valence-corrected chi connectivity index (χ0v) is 7.55. The zero-order valence-electron chi connectivity index (χ0n) is 7.55. The fourth-order valence-electron chi connectivity index (χ4n) is 1.53. The minimum absolute atomic E-state index is 0.704. The van der Waals surface area contributed by atoms with E-state index in [9.17, 15) is 0 Å². The van der Waals surface area contributed by atoms with Crippen molar-refractivity contribution in [3.63, 3.8) is 0 Å². The van der Waals surface area contributed by atoms with Crippen LogP contribution in [-0.2, 0) is 0 Å². The van der Waals surface area contributed by atoms with Crippen molar-refractivity contribution in [2.75, 3.05) is 26.2 Å². The average molecular weight is 156 g/mol. The Morgan fingerprint density at radius 3 is 2.55 bits per heavy atom. The molecule has 0 bridgehead atoms. The van der Waals surface area contributed by atoms with E-state index in [-0.39, 0.29) is 0 Å². The Kier molecular flexibility index (Phi) is 3.87. The minimum atomic E-state index is 0.704. The van der Waals surface area contributed by atoms with Gasteiger partial charge in [-0.1, -0.05) is 6.92 Å². The van der Waals surface area contributed by atoms with Gasteiger partial charge in [0.1, 0.15) is 0 Å². The highest BCUT2D eigenvalue weighted by molar-refractivity contribution is 4.67. The van der Waals surface area contributed by atoms with E-state index >= 15 is 0 Å². The maximum Gasteiger partial charge on any atom is -0.00157 e. The predicted molar refractivity (Wildman–Crippen MR) is 48.5 cm³/mol. The Balaban J connectivity index is 2.01. The van der Waals surface area contributed by atoms with Crippen molar-refractivity contribution in [1.82, 2.24) is 4.90 Å². The lowest BCUT2D eigenvalue weighted by Crippen LogP contribution is -2.24. The van der Waals surface area contributed by atoms with Gasteiger partial charge in [-0.25, -0.2) is 0 Å². The summed E-state index contributed by atoms with van der Waals surface area (Å²) in [6.07, 6.45) is 4.07. The van der Waals surface area contributed by atoms with Gasteiger partial charge in [0.25, 0.3) is 0 Å². The van der Waals surface area contributed by atoms with Gasteiger partial charge < -0.3 is 10.6 Å². The molecule has 1 rings (SSSR count). The summed E-state index contributed by atoms with van der Waals surface area (Å²) in [5.74, 6) is 0.704. The summed E-state index contributed by atoms with van der Waals surface area (Å²) in [7, 11) is 0. The van der Waals surface area contributed by atoms with Crippen LogP contribution in [0.25, 0.3) is 0 Å². The summed E-state index contributed by atoms with van der Waals surface area (Å²) >= 11 is 0. The molecule has 0 aliphatic carbocycles. The molecule has 1 atom stereocenters. The maximum atomic E-state index is 5.54. The normalized spacial score (nSPS) is 22.4. The van der Waals surface area contributed by atoms with Gasteiger partial charge in [0, 0.05) is 0 Å². The van der Waals surface area contributed by atoms with E-state index in [1.807, 2.05) is 0 Å². The van der Waals surface area contributed by atoms with Crippen LogP contribution in [0.3, 0.4) is 0 Å². The molecule has 1 heterocycles. The Morgan fingerprint density at radius 1 is 1.36 bits per heavy atom. The molecular weight excluding hydrogens is 136 g/mol. The largest absolute Gasteiger partial charge is 0.330 e. The summed E-state index contributed by atoms with van der Waals surface area (Å²) < 4.78 is 0. The Bertz CT molecular complexity index is 97.7. The topological polar surface area (TPSA) is 29.3 Å². The molecule has 0 aromatic carbocycles. The molecule has 1 fully saturated rings. The number of rotatable bonds is 4. The second kappa shape index (κ2) is 4.73. The summed E-state index contributed by atoms with van der Waals surface area (Å²) in [5, 5.41) is 0. The molecule has 11 heavy (non-hydrogen) atoms. The number of nitrogens with two attached hydrogens (primary N) is 1. The van der Waals surface area contributed by atoms with E-state index < -0.39 is 0 Å². The summed E-state index contributed by atoms with van der Waals surface area (Å²) in [4.78, 5) is 2.55. The molecule has 0 spiro atoms. The lowest BCUT2D eigenvalue weighted by atomic mass is 10.1. The van der Waals surface area contributed by atoms with E-state index in [4.69, 9.17) is 5.73 Å². The summed E-state index contributed by atoms with van der Waals surface area (Å²) in [6.45, 7) is 6.97. The van der Waals surface area contributed by atoms with Gasteiger partial charge in [0.15, 0.2) is 0 Å². The van der Waals surface area contributed by atoms with E-state index in [0.717, 1.165) is 6.54 Å². The third-order valence-electron chi connectivity index (χ3n) is 2.54.